The fraction of sp³-hybridized carbons (Fsp3) is 0.0667. The first-order valence-corrected chi connectivity index (χ1v) is 8.23. The molecule has 11 heteroatoms. The number of hydrogen-bond donors (Lipinski definition) is 2. The van der Waals surface area contributed by atoms with E-state index in [1.165, 1.54) is 25.1 Å². The fourth-order valence-electron chi connectivity index (χ4n) is 2.19. The molecule has 0 atom stereocenters. The van der Waals surface area contributed by atoms with E-state index in [1.807, 2.05) is 0 Å². The number of hydrogen-bond acceptors (Lipinski definition) is 4. The van der Waals surface area contributed by atoms with E-state index in [0.717, 1.165) is 0 Å². The van der Waals surface area contributed by atoms with Gasteiger partial charge in [0.05, 0.1) is 47.4 Å². The topological polar surface area (TPSA) is 110 Å². The standard InChI is InChI=1S/C15H8Cl4N2O5/c1-5-6(3-2-4-7(5)21(25)26)20-14(22)8-9(15(23)24)11(17)13(19)12(18)10(8)16/h2-4H,1H3,(H,20,22)(H,23,24). The molecule has 26 heavy (non-hydrogen) atoms. The maximum Gasteiger partial charge on any atom is 0.338 e. The zero-order valence-corrected chi connectivity index (χ0v) is 15.8. The Bertz CT molecular complexity index is 962. The summed E-state index contributed by atoms with van der Waals surface area (Å²) in [6.45, 7) is 1.43. The second-order valence-electron chi connectivity index (χ2n) is 4.97. The summed E-state index contributed by atoms with van der Waals surface area (Å²) in [7, 11) is 0. The number of carboxylic acids is 1. The number of nitrogens with zero attached hydrogens (tertiary/aromatic N) is 1. The third-order valence-corrected chi connectivity index (χ3v) is 5.26. The zero-order chi connectivity index (χ0) is 19.8. The molecule has 0 aliphatic carbocycles. The summed E-state index contributed by atoms with van der Waals surface area (Å²) in [5.41, 5.74) is -1.10. The Kier molecular flexibility index (Phi) is 5.98. The SMILES string of the molecule is Cc1c(NC(=O)c2c(Cl)c(Cl)c(Cl)c(Cl)c2C(=O)O)cccc1[N+](=O)[O-]. The number of anilines is 1. The van der Waals surface area contributed by atoms with Crippen LogP contribution >= 0.6 is 46.4 Å². The highest BCUT2D eigenvalue weighted by Crippen LogP contribution is 2.42. The summed E-state index contributed by atoms with van der Waals surface area (Å²) >= 11 is 23.6. The van der Waals surface area contributed by atoms with Crippen molar-refractivity contribution in [2.75, 3.05) is 5.32 Å². The van der Waals surface area contributed by atoms with Gasteiger partial charge in [0.15, 0.2) is 0 Å². The van der Waals surface area contributed by atoms with Crippen LogP contribution in [0.1, 0.15) is 26.3 Å². The van der Waals surface area contributed by atoms with Crippen molar-refractivity contribution in [1.29, 1.82) is 0 Å². The van der Waals surface area contributed by atoms with Crippen molar-refractivity contribution >= 4 is 69.7 Å². The fourth-order valence-corrected chi connectivity index (χ4v) is 3.21. The first-order chi connectivity index (χ1) is 12.1. The van der Waals surface area contributed by atoms with Crippen LogP contribution in [0.15, 0.2) is 18.2 Å². The molecule has 0 radical (unpaired) electrons. The van der Waals surface area contributed by atoms with E-state index in [0.29, 0.717) is 0 Å². The molecule has 0 fully saturated rings. The van der Waals surface area contributed by atoms with Crippen molar-refractivity contribution in [2.24, 2.45) is 0 Å². The third-order valence-electron chi connectivity index (χ3n) is 3.46. The first-order valence-electron chi connectivity index (χ1n) is 6.72. The minimum atomic E-state index is -1.55. The Balaban J connectivity index is 2.61. The molecular formula is C15H8Cl4N2O5. The quantitative estimate of drug-likeness (QED) is 0.285. The van der Waals surface area contributed by atoms with Crippen LogP contribution in [0.2, 0.25) is 20.1 Å². The number of aromatic carboxylic acids is 1. The van der Waals surface area contributed by atoms with E-state index in [9.17, 15) is 24.8 Å². The zero-order valence-electron chi connectivity index (χ0n) is 12.8. The molecule has 0 bridgehead atoms. The van der Waals surface area contributed by atoms with Gasteiger partial charge in [0.25, 0.3) is 11.6 Å². The first kappa shape index (κ1) is 20.3. The Morgan fingerprint density at radius 2 is 1.58 bits per heavy atom. The van der Waals surface area contributed by atoms with Crippen molar-refractivity contribution in [3.63, 3.8) is 0 Å². The van der Waals surface area contributed by atoms with Gasteiger partial charge in [-0.3, -0.25) is 14.9 Å². The van der Waals surface area contributed by atoms with Gasteiger partial charge in [-0.15, -0.1) is 0 Å². The monoisotopic (exact) mass is 436 g/mol. The molecule has 0 aromatic heterocycles. The molecule has 7 nitrogen and oxygen atoms in total. The molecule has 2 rings (SSSR count). The molecule has 136 valence electrons. The summed E-state index contributed by atoms with van der Waals surface area (Å²) in [6, 6.07) is 4.03. The van der Waals surface area contributed by atoms with Crippen molar-refractivity contribution in [1.82, 2.24) is 0 Å². The van der Waals surface area contributed by atoms with Crippen molar-refractivity contribution in [3.05, 3.63) is 65.1 Å². The van der Waals surface area contributed by atoms with Gasteiger partial charge >= 0.3 is 5.97 Å². The van der Waals surface area contributed by atoms with Crippen molar-refractivity contribution < 1.29 is 19.6 Å². The van der Waals surface area contributed by atoms with E-state index in [1.54, 1.807) is 0 Å². The number of carbonyl (C=O) groups excluding carboxylic acids is 1. The van der Waals surface area contributed by atoms with Crippen LogP contribution in [0, 0.1) is 17.0 Å². The van der Waals surface area contributed by atoms with Gasteiger partial charge in [0, 0.05) is 6.07 Å². The van der Waals surface area contributed by atoms with Gasteiger partial charge in [-0.1, -0.05) is 52.5 Å². The van der Waals surface area contributed by atoms with Crippen LogP contribution in [0.5, 0.6) is 0 Å². The number of benzene rings is 2. The number of carboxylic acid groups (broad SMARTS) is 1. The van der Waals surface area contributed by atoms with E-state index < -0.39 is 38.0 Å². The van der Waals surface area contributed by atoms with E-state index in [2.05, 4.69) is 5.32 Å². The number of carbonyl (C=O) groups is 2. The Hall–Kier alpha value is -2.06. The van der Waals surface area contributed by atoms with E-state index >= 15 is 0 Å². The number of nitro groups is 1. The van der Waals surface area contributed by atoms with E-state index in [4.69, 9.17) is 46.4 Å². The minimum absolute atomic E-state index is 0.0961. The summed E-state index contributed by atoms with van der Waals surface area (Å²) < 4.78 is 0. The highest BCUT2D eigenvalue weighted by atomic mass is 35.5. The lowest BCUT2D eigenvalue weighted by atomic mass is 10.1. The second kappa shape index (κ2) is 7.67. The molecule has 1 amide bonds. The number of rotatable bonds is 4. The minimum Gasteiger partial charge on any atom is -0.478 e. The largest absolute Gasteiger partial charge is 0.478 e. The van der Waals surface area contributed by atoms with Crippen LogP contribution in [0.25, 0.3) is 0 Å². The van der Waals surface area contributed by atoms with E-state index in [-0.39, 0.29) is 27.0 Å². The molecule has 2 N–H and O–H groups in total. The second-order valence-corrected chi connectivity index (χ2v) is 6.48. The maximum atomic E-state index is 12.6. The summed E-state index contributed by atoms with van der Waals surface area (Å²) in [6.07, 6.45) is 0. The number of halogens is 4. The number of nitro benzene ring substituents is 1. The molecule has 0 saturated carbocycles. The third kappa shape index (κ3) is 3.57. The average molecular weight is 438 g/mol. The molecule has 0 saturated heterocycles. The smallest absolute Gasteiger partial charge is 0.338 e. The molecule has 0 spiro atoms. The van der Waals surface area contributed by atoms with Gasteiger partial charge in [0.2, 0.25) is 0 Å². The molecule has 0 aliphatic heterocycles. The lowest BCUT2D eigenvalue weighted by Gasteiger charge is -2.14. The van der Waals surface area contributed by atoms with Crippen LogP contribution in [0.3, 0.4) is 0 Å². The van der Waals surface area contributed by atoms with Gasteiger partial charge < -0.3 is 10.4 Å². The Morgan fingerprint density at radius 1 is 1.04 bits per heavy atom. The Morgan fingerprint density at radius 3 is 2.08 bits per heavy atom. The predicted molar refractivity (Wildman–Crippen MR) is 99.2 cm³/mol. The van der Waals surface area contributed by atoms with Gasteiger partial charge in [0.1, 0.15) is 0 Å². The Labute approximate surface area is 166 Å². The highest BCUT2D eigenvalue weighted by molar-refractivity contribution is 6.54. The van der Waals surface area contributed by atoms with Crippen LogP contribution < -0.4 is 5.32 Å². The predicted octanol–water partition coefficient (Wildman–Crippen LogP) is 5.47. The van der Waals surface area contributed by atoms with Crippen LogP contribution in [0.4, 0.5) is 11.4 Å². The molecule has 0 unspecified atom stereocenters. The lowest BCUT2D eigenvalue weighted by Crippen LogP contribution is -2.19. The van der Waals surface area contributed by atoms with Crippen LogP contribution in [-0.4, -0.2) is 21.9 Å². The van der Waals surface area contributed by atoms with Gasteiger partial charge in [-0.2, -0.15) is 0 Å². The molecule has 0 aliphatic rings. The highest BCUT2D eigenvalue weighted by Gasteiger charge is 2.29. The molecule has 0 heterocycles. The van der Waals surface area contributed by atoms with Gasteiger partial charge in [-0.05, 0) is 13.0 Å². The molecule has 2 aromatic rings. The van der Waals surface area contributed by atoms with Crippen molar-refractivity contribution in [3.8, 4) is 0 Å². The van der Waals surface area contributed by atoms with Crippen LogP contribution in [-0.2, 0) is 0 Å². The summed E-state index contributed by atoms with van der Waals surface area (Å²) in [5, 5.41) is 21.3. The normalized spacial score (nSPS) is 10.5. The molecule has 2 aromatic carbocycles. The maximum absolute atomic E-state index is 12.6. The summed E-state index contributed by atoms with van der Waals surface area (Å²) in [5.74, 6) is -2.51. The lowest BCUT2D eigenvalue weighted by molar-refractivity contribution is -0.385. The van der Waals surface area contributed by atoms with Crippen molar-refractivity contribution in [2.45, 2.75) is 6.92 Å². The number of amides is 1. The van der Waals surface area contributed by atoms with Gasteiger partial charge in [-0.25, -0.2) is 4.79 Å². The number of nitrogens with one attached hydrogen (secondary N) is 1. The average Bonchev–Trinajstić information content (AvgIpc) is 2.57. The molecular weight excluding hydrogens is 430 g/mol. The summed E-state index contributed by atoms with van der Waals surface area (Å²) in [4.78, 5) is 34.5.